The molecule has 0 saturated carbocycles. The van der Waals surface area contributed by atoms with E-state index in [0.717, 1.165) is 0 Å². The molecule has 3 nitrogen and oxygen atoms in total. The summed E-state index contributed by atoms with van der Waals surface area (Å²) >= 11 is 0. The molecular formula is C23H49O3P3. The van der Waals surface area contributed by atoms with Crippen LogP contribution in [0.4, 0.5) is 0 Å². The predicted octanol–water partition coefficient (Wildman–Crippen LogP) is 6.09. The van der Waals surface area contributed by atoms with Crippen LogP contribution in [0.15, 0.2) is 30.3 Å². The van der Waals surface area contributed by atoms with Crippen LogP contribution < -0.4 is 9.79 Å². The molecule has 0 aliphatic carbocycles. The number of hydrogen-bond acceptors (Lipinski definition) is 3. The lowest BCUT2D eigenvalue weighted by atomic mass is 10.2. The van der Waals surface area contributed by atoms with Crippen LogP contribution in [0.1, 0.15) is 61.0 Å². The summed E-state index contributed by atoms with van der Waals surface area (Å²) in [6, 6.07) is 10.3. The lowest BCUT2D eigenvalue weighted by Gasteiger charge is -2.20. The first kappa shape index (κ1) is 34.0. The highest BCUT2D eigenvalue weighted by molar-refractivity contribution is 7.76. The first-order valence-corrected chi connectivity index (χ1v) is 17.4. The van der Waals surface area contributed by atoms with E-state index in [2.05, 4.69) is 74.4 Å². The first-order valence-electron chi connectivity index (χ1n) is 11.2. The quantitative estimate of drug-likeness (QED) is 0.472. The van der Waals surface area contributed by atoms with Gasteiger partial charge in [-0.1, -0.05) is 35.9 Å². The molecule has 1 aromatic rings. The fraction of sp³-hybridized carbons (Fsp3) is 0.739. The molecule has 6 heteroatoms. The highest BCUT2D eigenvalue weighted by Gasteiger charge is 2.28. The average Bonchev–Trinajstić information content (AvgIpc) is 2.73. The zero-order valence-corrected chi connectivity index (χ0v) is 23.3. The van der Waals surface area contributed by atoms with Gasteiger partial charge in [-0.15, -0.1) is 0 Å². The molecular weight excluding hydrogens is 417 g/mol. The second-order valence-electron chi connectivity index (χ2n) is 7.11. The van der Waals surface area contributed by atoms with Crippen molar-refractivity contribution in [1.82, 2.24) is 0 Å². The van der Waals surface area contributed by atoms with Gasteiger partial charge in [-0.2, -0.15) is 8.60 Å². The maximum absolute atomic E-state index is 8.59. The van der Waals surface area contributed by atoms with Crippen molar-refractivity contribution in [3.05, 3.63) is 35.9 Å². The summed E-state index contributed by atoms with van der Waals surface area (Å²) in [6.45, 7) is 20.9. The van der Waals surface area contributed by atoms with Gasteiger partial charge in [0.05, 0.1) is 49.3 Å². The van der Waals surface area contributed by atoms with E-state index in [9.17, 15) is 0 Å². The van der Waals surface area contributed by atoms with E-state index in [0.29, 0.717) is 0 Å². The number of rotatable bonds is 8. The van der Waals surface area contributed by atoms with Crippen molar-refractivity contribution < 1.29 is 14.7 Å². The van der Waals surface area contributed by atoms with E-state index in [4.69, 9.17) is 14.7 Å². The van der Waals surface area contributed by atoms with Crippen molar-refractivity contribution >= 4 is 23.1 Å². The summed E-state index contributed by atoms with van der Waals surface area (Å²) in [5.41, 5.74) is 1.32. The molecule has 29 heavy (non-hydrogen) atoms. The summed E-state index contributed by atoms with van der Waals surface area (Å²) in [4.78, 5) is 24.2. The number of benzene rings is 1. The Morgan fingerprint density at radius 3 is 0.897 bits per heavy atom. The van der Waals surface area contributed by atoms with Crippen molar-refractivity contribution in [2.24, 2.45) is 0 Å². The van der Waals surface area contributed by atoms with E-state index in [-0.39, 0.29) is 0 Å². The fourth-order valence-corrected chi connectivity index (χ4v) is 8.58. The second-order valence-corrected chi connectivity index (χ2v) is 18.0. The minimum atomic E-state index is -3.12. The minimum absolute atomic E-state index is 0.420. The topological polar surface area (TPSA) is 66.3 Å². The monoisotopic (exact) mass is 466 g/mol. The van der Waals surface area contributed by atoms with Gasteiger partial charge < -0.3 is 14.7 Å². The Morgan fingerprint density at radius 2 is 0.828 bits per heavy atom. The minimum Gasteiger partial charge on any atom is -0.820 e. The Kier molecular flexibility index (Phi) is 25.4. The SMILES string of the molecule is CC[P+](CC)(CC)CC.CC[P+](CC)(CC)CC.Cc1ccccc1.[O-]P([O-])O. The summed E-state index contributed by atoms with van der Waals surface area (Å²) in [5, 5.41) is 0. The van der Waals surface area contributed by atoms with Crippen molar-refractivity contribution in [1.29, 1.82) is 0 Å². The van der Waals surface area contributed by atoms with Crippen molar-refractivity contribution in [3.63, 3.8) is 0 Å². The lowest BCUT2D eigenvalue weighted by Crippen LogP contribution is -2.04. The van der Waals surface area contributed by atoms with Gasteiger partial charge in [-0.25, -0.2) is 0 Å². The van der Waals surface area contributed by atoms with Crippen LogP contribution in [0.25, 0.3) is 0 Å². The molecule has 0 bridgehead atoms. The molecule has 1 rings (SSSR count). The number of hydrogen-bond donors (Lipinski definition) is 1. The van der Waals surface area contributed by atoms with Crippen LogP contribution in [0, 0.1) is 6.92 Å². The van der Waals surface area contributed by atoms with E-state index < -0.39 is 23.1 Å². The molecule has 0 fully saturated rings. The Bertz CT molecular complexity index is 376. The molecule has 0 aliphatic heterocycles. The van der Waals surface area contributed by atoms with Crippen LogP contribution in [-0.2, 0) is 0 Å². The zero-order chi connectivity index (χ0) is 23.3. The van der Waals surface area contributed by atoms with Gasteiger partial charge in [0.15, 0.2) is 0 Å². The number of aryl methyl sites for hydroxylation is 1. The zero-order valence-electron chi connectivity index (χ0n) is 20.6. The second kappa shape index (κ2) is 21.6. The summed E-state index contributed by atoms with van der Waals surface area (Å²) in [6.07, 6.45) is 11.6. The molecule has 1 N–H and O–H groups in total. The van der Waals surface area contributed by atoms with Gasteiger partial charge in [-0.3, -0.25) is 0 Å². The molecule has 0 saturated heterocycles. The molecule has 0 aromatic heterocycles. The smallest absolute Gasteiger partial charge is 0.0565 e. The van der Waals surface area contributed by atoms with Crippen LogP contribution in [0.2, 0.25) is 0 Å². The molecule has 1 aromatic carbocycles. The standard InChI is InChI=1S/2C8H20P.C7H8.HO3P/c2*1-5-9(6-2,7-3)8-4;1-7-5-3-2-4-6-7;1-4(2)3/h2*5-8H2,1-4H3;2-6H,1H3;1H/q2*+1;;-2. The molecule has 0 amide bonds. The molecule has 0 unspecified atom stereocenters. The molecule has 0 aliphatic rings. The largest absolute Gasteiger partial charge is 0.820 e. The Labute approximate surface area is 185 Å². The van der Waals surface area contributed by atoms with E-state index in [1.807, 2.05) is 18.2 Å². The van der Waals surface area contributed by atoms with Crippen LogP contribution in [0.3, 0.4) is 0 Å². The van der Waals surface area contributed by atoms with Gasteiger partial charge in [0.2, 0.25) is 0 Å². The van der Waals surface area contributed by atoms with Gasteiger partial charge in [0.1, 0.15) is 0 Å². The third-order valence-electron chi connectivity index (χ3n) is 6.31. The molecule has 0 spiro atoms. The summed E-state index contributed by atoms with van der Waals surface area (Å²) in [7, 11) is -3.96. The maximum Gasteiger partial charge on any atom is 0.0565 e. The Hall–Kier alpha value is 0.390. The average molecular weight is 467 g/mol. The van der Waals surface area contributed by atoms with Crippen molar-refractivity contribution in [3.8, 4) is 0 Å². The van der Waals surface area contributed by atoms with Gasteiger partial charge >= 0.3 is 0 Å². The lowest BCUT2D eigenvalue weighted by molar-refractivity contribution is -0.313. The van der Waals surface area contributed by atoms with E-state index in [1.54, 1.807) is 0 Å². The molecule has 0 heterocycles. The summed E-state index contributed by atoms with van der Waals surface area (Å²) in [5.74, 6) is 0. The van der Waals surface area contributed by atoms with Gasteiger partial charge in [0.25, 0.3) is 0 Å². The molecule has 174 valence electrons. The molecule has 0 radical (unpaired) electrons. The Balaban J connectivity index is -0.000000322. The first-order chi connectivity index (χ1) is 13.6. The van der Waals surface area contributed by atoms with E-state index in [1.165, 1.54) is 54.9 Å². The predicted molar refractivity (Wildman–Crippen MR) is 138 cm³/mol. The van der Waals surface area contributed by atoms with Crippen molar-refractivity contribution in [2.75, 3.05) is 49.3 Å². The van der Waals surface area contributed by atoms with Crippen LogP contribution in [-0.4, -0.2) is 54.2 Å². The Morgan fingerprint density at radius 1 is 0.621 bits per heavy atom. The van der Waals surface area contributed by atoms with Crippen LogP contribution >= 0.6 is 23.1 Å². The molecule has 0 atom stereocenters. The van der Waals surface area contributed by atoms with E-state index >= 15 is 0 Å². The third-order valence-corrected chi connectivity index (χ3v) is 17.0. The highest BCUT2D eigenvalue weighted by atomic mass is 31.2. The van der Waals surface area contributed by atoms with Crippen molar-refractivity contribution in [2.45, 2.75) is 62.3 Å². The van der Waals surface area contributed by atoms with Gasteiger partial charge in [0, 0.05) is 14.5 Å². The fourth-order valence-electron chi connectivity index (χ4n) is 3.22. The highest BCUT2D eigenvalue weighted by Crippen LogP contribution is 2.57. The van der Waals surface area contributed by atoms with Gasteiger partial charge in [-0.05, 0) is 62.3 Å². The maximum atomic E-state index is 8.59. The van der Waals surface area contributed by atoms with Crippen LogP contribution in [0.5, 0.6) is 0 Å². The normalized spacial score (nSPS) is 10.8. The summed E-state index contributed by atoms with van der Waals surface area (Å²) < 4.78 is 0. The third kappa shape index (κ3) is 18.8.